The highest BCUT2D eigenvalue weighted by Crippen LogP contribution is 2.45. The third-order valence-corrected chi connectivity index (χ3v) is 15.9. The number of ether oxygens (including phenoxy) is 4. The summed E-state index contributed by atoms with van der Waals surface area (Å²) in [5.41, 5.74) is 0. The van der Waals surface area contributed by atoms with Crippen LogP contribution >= 0.6 is 15.6 Å². The number of hydrogen-bond donors (Lipinski definition) is 3. The second-order valence-electron chi connectivity index (χ2n) is 22.6. The molecule has 0 amide bonds. The number of phosphoric ester groups is 2. The van der Waals surface area contributed by atoms with Gasteiger partial charge in [0.15, 0.2) is 12.2 Å². The standard InChI is InChI=1S/C61H118O17P2/c1-6-9-12-15-18-21-23-24-25-27-30-36-41-46-60(65)77-56(50-72-59(64)45-40-35-29-26-22-19-16-13-10-7-2)52-75-79(67,68)73-48-55(62)49-74-80(69,70)76-53-57(51-71-58(63)44-39-34-28-20-17-14-11-8-3)78-61(66)47-42-37-32-31-33-38-43-54(4)5/h54-57,62H,6-53H2,1-5H3,(H,67,68)(H,69,70)/t55-,56-,57-/m1/s1. The van der Waals surface area contributed by atoms with E-state index in [2.05, 4.69) is 34.6 Å². The fourth-order valence-corrected chi connectivity index (χ4v) is 10.6. The molecule has 0 aromatic carbocycles. The normalized spacial score (nSPS) is 14.3. The molecule has 474 valence electrons. The first-order valence-corrected chi connectivity index (χ1v) is 35.1. The van der Waals surface area contributed by atoms with Gasteiger partial charge in [-0.05, 0) is 31.6 Å². The molecule has 0 radical (unpaired) electrons. The van der Waals surface area contributed by atoms with Crippen LogP contribution in [-0.2, 0) is 65.4 Å². The van der Waals surface area contributed by atoms with Crippen molar-refractivity contribution in [2.75, 3.05) is 39.6 Å². The molecule has 0 saturated carbocycles. The zero-order chi connectivity index (χ0) is 59.2. The van der Waals surface area contributed by atoms with Crippen LogP contribution in [0.3, 0.4) is 0 Å². The lowest BCUT2D eigenvalue weighted by molar-refractivity contribution is -0.161. The number of hydrogen-bond acceptors (Lipinski definition) is 15. The molecule has 80 heavy (non-hydrogen) atoms. The maximum Gasteiger partial charge on any atom is 0.472 e. The Hall–Kier alpha value is -1.94. The predicted molar refractivity (Wildman–Crippen MR) is 317 cm³/mol. The monoisotopic (exact) mass is 1180 g/mol. The Balaban J connectivity index is 5.22. The fraction of sp³-hybridized carbons (Fsp3) is 0.934. The van der Waals surface area contributed by atoms with Crippen molar-refractivity contribution in [3.05, 3.63) is 0 Å². The van der Waals surface area contributed by atoms with E-state index >= 15 is 0 Å². The molecule has 0 aliphatic carbocycles. The van der Waals surface area contributed by atoms with Gasteiger partial charge >= 0.3 is 39.5 Å². The Kier molecular flexibility index (Phi) is 53.6. The third-order valence-electron chi connectivity index (χ3n) is 14.0. The molecule has 0 saturated heterocycles. The number of aliphatic hydroxyl groups excluding tert-OH is 1. The average molecular weight is 1190 g/mol. The minimum Gasteiger partial charge on any atom is -0.462 e. The van der Waals surface area contributed by atoms with E-state index < -0.39 is 97.5 Å². The van der Waals surface area contributed by atoms with Crippen molar-refractivity contribution in [2.24, 2.45) is 5.92 Å². The summed E-state index contributed by atoms with van der Waals surface area (Å²) in [6.07, 6.45) is 37.7. The molecule has 0 bridgehead atoms. The molecular weight excluding hydrogens is 1070 g/mol. The molecule has 17 nitrogen and oxygen atoms in total. The fourth-order valence-electron chi connectivity index (χ4n) is 9.05. The van der Waals surface area contributed by atoms with Gasteiger partial charge in [-0.25, -0.2) is 9.13 Å². The summed E-state index contributed by atoms with van der Waals surface area (Å²) >= 11 is 0. The second kappa shape index (κ2) is 55.0. The summed E-state index contributed by atoms with van der Waals surface area (Å²) in [7, 11) is -9.87. The van der Waals surface area contributed by atoms with Gasteiger partial charge in [-0.2, -0.15) is 0 Å². The largest absolute Gasteiger partial charge is 0.472 e. The van der Waals surface area contributed by atoms with Crippen molar-refractivity contribution in [1.82, 2.24) is 0 Å². The van der Waals surface area contributed by atoms with Crippen LogP contribution in [0, 0.1) is 5.92 Å². The summed E-state index contributed by atoms with van der Waals surface area (Å²) in [5, 5.41) is 10.5. The van der Waals surface area contributed by atoms with Crippen LogP contribution in [-0.4, -0.2) is 96.7 Å². The summed E-state index contributed by atoms with van der Waals surface area (Å²) in [5.74, 6) is -1.47. The number of carbonyl (C=O) groups is 4. The molecule has 5 atom stereocenters. The molecule has 0 aromatic heterocycles. The highest BCUT2D eigenvalue weighted by Gasteiger charge is 2.30. The van der Waals surface area contributed by atoms with Gasteiger partial charge in [0, 0.05) is 25.7 Å². The van der Waals surface area contributed by atoms with Gasteiger partial charge in [-0.15, -0.1) is 0 Å². The minimum absolute atomic E-state index is 0.102. The molecule has 19 heteroatoms. The number of rotatable bonds is 61. The minimum atomic E-state index is -4.94. The molecule has 0 aliphatic heterocycles. The molecule has 0 rings (SSSR count). The van der Waals surface area contributed by atoms with Crippen LogP contribution < -0.4 is 0 Å². The molecule has 2 unspecified atom stereocenters. The maximum atomic E-state index is 12.9. The Morgan fingerprint density at radius 1 is 0.338 bits per heavy atom. The lowest BCUT2D eigenvalue weighted by atomic mass is 10.0. The van der Waals surface area contributed by atoms with Crippen LogP contribution in [0.2, 0.25) is 0 Å². The Labute approximate surface area is 486 Å². The first kappa shape index (κ1) is 78.1. The molecule has 0 spiro atoms. The molecule has 0 heterocycles. The van der Waals surface area contributed by atoms with E-state index in [1.54, 1.807) is 0 Å². The molecule has 3 N–H and O–H groups in total. The van der Waals surface area contributed by atoms with Crippen LogP contribution in [0.25, 0.3) is 0 Å². The highest BCUT2D eigenvalue weighted by molar-refractivity contribution is 7.47. The van der Waals surface area contributed by atoms with E-state index in [1.165, 1.54) is 122 Å². The first-order chi connectivity index (χ1) is 38.5. The summed E-state index contributed by atoms with van der Waals surface area (Å²) < 4.78 is 67.8. The lowest BCUT2D eigenvalue weighted by Crippen LogP contribution is -2.30. The van der Waals surface area contributed by atoms with E-state index in [0.29, 0.717) is 31.6 Å². The number of phosphoric acid groups is 2. The van der Waals surface area contributed by atoms with Gasteiger partial charge in [0.1, 0.15) is 19.3 Å². The SMILES string of the molecule is CCCCCCCCCCCCCCCC(=O)O[C@H](COC(=O)CCCCCCCCCCCC)COP(=O)(O)OC[C@@H](O)COP(=O)(O)OC[C@@H](COC(=O)CCCCCCCCCC)OC(=O)CCCCCCCCC(C)C. The summed E-state index contributed by atoms with van der Waals surface area (Å²) in [6, 6.07) is 0. The van der Waals surface area contributed by atoms with Crippen LogP contribution in [0.4, 0.5) is 0 Å². The van der Waals surface area contributed by atoms with Gasteiger partial charge < -0.3 is 33.8 Å². The third kappa shape index (κ3) is 55.3. The molecule has 0 fully saturated rings. The number of aliphatic hydroxyl groups is 1. The highest BCUT2D eigenvalue weighted by atomic mass is 31.2. The van der Waals surface area contributed by atoms with E-state index in [9.17, 15) is 43.2 Å². The van der Waals surface area contributed by atoms with E-state index in [-0.39, 0.29) is 25.7 Å². The molecule has 0 aromatic rings. The van der Waals surface area contributed by atoms with E-state index in [1.807, 2.05) is 0 Å². The number of unbranched alkanes of at least 4 members (excludes halogenated alkanes) is 33. The predicted octanol–water partition coefficient (Wildman–Crippen LogP) is 16.6. The Bertz CT molecular complexity index is 1570. The first-order valence-electron chi connectivity index (χ1n) is 32.1. The zero-order valence-electron chi connectivity index (χ0n) is 51.2. The van der Waals surface area contributed by atoms with Crippen molar-refractivity contribution < 1.29 is 80.2 Å². The van der Waals surface area contributed by atoms with Crippen molar-refractivity contribution in [3.63, 3.8) is 0 Å². The Morgan fingerprint density at radius 2 is 0.575 bits per heavy atom. The van der Waals surface area contributed by atoms with Crippen LogP contribution in [0.15, 0.2) is 0 Å². The van der Waals surface area contributed by atoms with Crippen molar-refractivity contribution in [2.45, 2.75) is 323 Å². The molecule has 0 aliphatic rings. The van der Waals surface area contributed by atoms with Gasteiger partial charge in [-0.3, -0.25) is 37.3 Å². The van der Waals surface area contributed by atoms with Gasteiger partial charge in [0.05, 0.1) is 26.4 Å². The van der Waals surface area contributed by atoms with Gasteiger partial charge in [-0.1, -0.05) is 253 Å². The van der Waals surface area contributed by atoms with Crippen LogP contribution in [0.5, 0.6) is 0 Å². The number of esters is 4. The summed E-state index contributed by atoms with van der Waals surface area (Å²) in [6.45, 7) is 7.05. The van der Waals surface area contributed by atoms with Crippen molar-refractivity contribution in [1.29, 1.82) is 0 Å². The maximum absolute atomic E-state index is 12.9. The van der Waals surface area contributed by atoms with Crippen molar-refractivity contribution >= 4 is 39.5 Å². The smallest absolute Gasteiger partial charge is 0.462 e. The summed E-state index contributed by atoms with van der Waals surface area (Å²) in [4.78, 5) is 71.9. The second-order valence-corrected chi connectivity index (χ2v) is 25.5. The average Bonchev–Trinajstić information content (AvgIpc) is 3.42. The van der Waals surface area contributed by atoms with Gasteiger partial charge in [0.25, 0.3) is 0 Å². The van der Waals surface area contributed by atoms with E-state index in [0.717, 1.165) is 96.3 Å². The topological polar surface area (TPSA) is 237 Å². The zero-order valence-corrected chi connectivity index (χ0v) is 53.0. The molecular formula is C61H118O17P2. The quantitative estimate of drug-likeness (QED) is 0.0222. The van der Waals surface area contributed by atoms with Crippen molar-refractivity contribution in [3.8, 4) is 0 Å². The van der Waals surface area contributed by atoms with E-state index in [4.69, 9.17) is 37.0 Å². The Morgan fingerprint density at radius 3 is 0.850 bits per heavy atom. The lowest BCUT2D eigenvalue weighted by Gasteiger charge is -2.21. The van der Waals surface area contributed by atoms with Crippen LogP contribution in [0.1, 0.15) is 304 Å². The van der Waals surface area contributed by atoms with Gasteiger partial charge in [0.2, 0.25) is 0 Å². The number of carbonyl (C=O) groups excluding carboxylic acids is 4.